The molecule has 1 aromatic carbocycles. The van der Waals surface area contributed by atoms with Crippen molar-refractivity contribution < 1.29 is 18.0 Å². The summed E-state index contributed by atoms with van der Waals surface area (Å²) in [7, 11) is 0. The van der Waals surface area contributed by atoms with E-state index in [4.69, 9.17) is 5.73 Å². The second-order valence-corrected chi connectivity index (χ2v) is 6.84. The summed E-state index contributed by atoms with van der Waals surface area (Å²) in [6.45, 7) is 2.30. The van der Waals surface area contributed by atoms with E-state index in [1.165, 1.54) is 22.9 Å². The fourth-order valence-corrected chi connectivity index (χ4v) is 3.42. The van der Waals surface area contributed by atoms with Crippen LogP contribution >= 0.6 is 0 Å². The Morgan fingerprint density at radius 3 is 2.71 bits per heavy atom. The molecule has 2 heterocycles. The Hall–Kier alpha value is -2.68. The van der Waals surface area contributed by atoms with Crippen LogP contribution in [0.2, 0.25) is 0 Å². The molecule has 150 valence electrons. The van der Waals surface area contributed by atoms with Gasteiger partial charge in [0.25, 0.3) is 5.91 Å². The fraction of sp³-hybridized carbons (Fsp3) is 0.421. The van der Waals surface area contributed by atoms with Gasteiger partial charge in [0.2, 0.25) is 5.43 Å². The fourth-order valence-electron chi connectivity index (χ4n) is 3.42. The van der Waals surface area contributed by atoms with Crippen molar-refractivity contribution in [1.82, 2.24) is 14.7 Å². The minimum absolute atomic E-state index is 0.121. The zero-order valence-corrected chi connectivity index (χ0v) is 15.4. The van der Waals surface area contributed by atoms with Gasteiger partial charge in [0.05, 0.1) is 11.3 Å². The van der Waals surface area contributed by atoms with Crippen LogP contribution in [-0.4, -0.2) is 39.7 Å². The summed E-state index contributed by atoms with van der Waals surface area (Å²) in [4.78, 5) is 26.9. The van der Waals surface area contributed by atoms with Crippen LogP contribution in [-0.2, 0) is 6.18 Å². The van der Waals surface area contributed by atoms with E-state index in [0.717, 1.165) is 31.4 Å². The number of hydrogen-bond acceptors (Lipinski definition) is 4. The van der Waals surface area contributed by atoms with E-state index in [9.17, 15) is 22.8 Å². The third-order valence-electron chi connectivity index (χ3n) is 4.89. The zero-order chi connectivity index (χ0) is 20.5. The number of halogens is 3. The zero-order valence-electron chi connectivity index (χ0n) is 15.4. The van der Waals surface area contributed by atoms with E-state index in [0.29, 0.717) is 12.2 Å². The smallest absolute Gasteiger partial charge is 0.333 e. The van der Waals surface area contributed by atoms with Gasteiger partial charge in [0, 0.05) is 30.9 Å². The molecule has 2 N–H and O–H groups in total. The van der Waals surface area contributed by atoms with Gasteiger partial charge in [0.1, 0.15) is 0 Å². The first-order valence-corrected chi connectivity index (χ1v) is 9.02. The Balaban J connectivity index is 2.04. The highest BCUT2D eigenvalue weighted by Gasteiger charge is 2.31. The second kappa shape index (κ2) is 7.75. The van der Waals surface area contributed by atoms with Gasteiger partial charge in [-0.05, 0) is 44.4 Å². The normalized spacial score (nSPS) is 17.6. The minimum atomic E-state index is -4.51. The standard InChI is InChI=1S/C19H21F3N4O2/c1-12-9-16(27)17(18(28)25-8-3-2-6-15(25)11-23)24-26(12)14-7-4-5-13(10-14)19(20,21)22/h4-5,7,9-10,15H,2-3,6,8,11,23H2,1H3. The molecule has 1 fully saturated rings. The lowest BCUT2D eigenvalue weighted by molar-refractivity contribution is -0.137. The molecular formula is C19H21F3N4O2. The van der Waals surface area contributed by atoms with Gasteiger partial charge in [-0.1, -0.05) is 6.07 Å². The number of amides is 1. The SMILES string of the molecule is Cc1cc(=O)c(C(=O)N2CCCCC2CN)nn1-c1cccc(C(F)(F)F)c1. The molecule has 0 spiro atoms. The largest absolute Gasteiger partial charge is 0.416 e. The quantitative estimate of drug-likeness (QED) is 0.867. The van der Waals surface area contributed by atoms with E-state index in [1.807, 2.05) is 0 Å². The van der Waals surface area contributed by atoms with Crippen LogP contribution in [0.1, 0.15) is 41.0 Å². The van der Waals surface area contributed by atoms with Gasteiger partial charge in [-0.25, -0.2) is 4.68 Å². The van der Waals surface area contributed by atoms with Crippen LogP contribution in [0.15, 0.2) is 35.1 Å². The number of benzene rings is 1. The molecular weight excluding hydrogens is 373 g/mol. The summed E-state index contributed by atoms with van der Waals surface area (Å²) in [5, 5.41) is 4.11. The number of aryl methyl sites for hydroxylation is 1. The summed E-state index contributed by atoms with van der Waals surface area (Å²) >= 11 is 0. The number of nitrogens with two attached hydrogens (primary N) is 1. The second-order valence-electron chi connectivity index (χ2n) is 6.84. The molecule has 1 aliphatic rings. The summed E-state index contributed by atoms with van der Waals surface area (Å²) in [5.74, 6) is -0.541. The number of rotatable bonds is 3. The monoisotopic (exact) mass is 394 g/mol. The molecule has 6 nitrogen and oxygen atoms in total. The molecule has 1 aliphatic heterocycles. The highest BCUT2D eigenvalue weighted by molar-refractivity contribution is 5.92. The Bertz CT molecular complexity index is 940. The Labute approximate surface area is 159 Å². The average Bonchev–Trinajstić information content (AvgIpc) is 2.67. The maximum Gasteiger partial charge on any atom is 0.416 e. The predicted octanol–water partition coefficient (Wildman–Crippen LogP) is 2.51. The highest BCUT2D eigenvalue weighted by Crippen LogP contribution is 2.30. The summed E-state index contributed by atoms with van der Waals surface area (Å²) in [6, 6.07) is 5.62. The molecule has 1 atom stereocenters. The summed E-state index contributed by atoms with van der Waals surface area (Å²) < 4.78 is 40.3. The number of likely N-dealkylation sites (tertiary alicyclic amines) is 1. The van der Waals surface area contributed by atoms with Crippen molar-refractivity contribution in [2.24, 2.45) is 5.73 Å². The number of hydrogen-bond donors (Lipinski definition) is 1. The van der Waals surface area contributed by atoms with Crippen molar-refractivity contribution in [2.45, 2.75) is 38.4 Å². The van der Waals surface area contributed by atoms with E-state index >= 15 is 0 Å². The van der Waals surface area contributed by atoms with Crippen LogP contribution < -0.4 is 11.2 Å². The van der Waals surface area contributed by atoms with Gasteiger partial charge < -0.3 is 10.6 Å². The van der Waals surface area contributed by atoms with E-state index in [1.54, 1.807) is 11.8 Å². The Morgan fingerprint density at radius 1 is 1.29 bits per heavy atom. The van der Waals surface area contributed by atoms with Crippen molar-refractivity contribution in [1.29, 1.82) is 0 Å². The summed E-state index contributed by atoms with van der Waals surface area (Å²) in [6.07, 6.45) is -2.02. The first-order chi connectivity index (χ1) is 13.2. The van der Waals surface area contributed by atoms with Crippen LogP contribution in [0.5, 0.6) is 0 Å². The molecule has 9 heteroatoms. The highest BCUT2D eigenvalue weighted by atomic mass is 19.4. The third-order valence-corrected chi connectivity index (χ3v) is 4.89. The Morgan fingerprint density at radius 2 is 2.04 bits per heavy atom. The van der Waals surface area contributed by atoms with E-state index in [-0.39, 0.29) is 24.0 Å². The van der Waals surface area contributed by atoms with Crippen LogP contribution in [0.3, 0.4) is 0 Å². The van der Waals surface area contributed by atoms with E-state index in [2.05, 4.69) is 5.10 Å². The molecule has 28 heavy (non-hydrogen) atoms. The van der Waals surface area contributed by atoms with Crippen LogP contribution in [0.4, 0.5) is 13.2 Å². The van der Waals surface area contributed by atoms with Gasteiger partial charge in [-0.15, -0.1) is 0 Å². The molecule has 0 saturated carbocycles. The van der Waals surface area contributed by atoms with Gasteiger partial charge in [-0.2, -0.15) is 18.3 Å². The number of carbonyl (C=O) groups excluding carboxylic acids is 1. The lowest BCUT2D eigenvalue weighted by Crippen LogP contribution is -2.49. The minimum Gasteiger partial charge on any atom is -0.333 e. The summed E-state index contributed by atoms with van der Waals surface area (Å²) in [5.41, 5.74) is 4.48. The van der Waals surface area contributed by atoms with Crippen molar-refractivity contribution >= 4 is 5.91 Å². The predicted molar refractivity (Wildman–Crippen MR) is 97.3 cm³/mol. The molecule has 2 aromatic rings. The number of piperidine rings is 1. The average molecular weight is 394 g/mol. The van der Waals surface area contributed by atoms with Crippen LogP contribution in [0, 0.1) is 6.92 Å². The van der Waals surface area contributed by atoms with Crippen LogP contribution in [0.25, 0.3) is 5.69 Å². The van der Waals surface area contributed by atoms with Gasteiger partial charge >= 0.3 is 6.18 Å². The molecule has 1 amide bonds. The van der Waals surface area contributed by atoms with Crippen molar-refractivity contribution in [3.8, 4) is 5.69 Å². The third kappa shape index (κ3) is 3.94. The lowest BCUT2D eigenvalue weighted by atomic mass is 10.0. The first kappa shape index (κ1) is 20.1. The lowest BCUT2D eigenvalue weighted by Gasteiger charge is -2.34. The van der Waals surface area contributed by atoms with Crippen molar-refractivity contribution in [3.63, 3.8) is 0 Å². The Kier molecular flexibility index (Phi) is 5.55. The van der Waals surface area contributed by atoms with Gasteiger partial charge in [-0.3, -0.25) is 9.59 Å². The number of nitrogens with zero attached hydrogens (tertiary/aromatic N) is 3. The number of alkyl halides is 3. The van der Waals surface area contributed by atoms with E-state index < -0.39 is 23.1 Å². The first-order valence-electron chi connectivity index (χ1n) is 9.02. The molecule has 1 aromatic heterocycles. The maximum atomic E-state index is 13.0. The molecule has 1 saturated heterocycles. The molecule has 0 radical (unpaired) electrons. The maximum absolute atomic E-state index is 13.0. The topological polar surface area (TPSA) is 81.2 Å². The van der Waals surface area contributed by atoms with Gasteiger partial charge in [0.15, 0.2) is 5.69 Å². The number of aromatic nitrogens is 2. The molecule has 0 bridgehead atoms. The van der Waals surface area contributed by atoms with Crippen molar-refractivity contribution in [2.75, 3.05) is 13.1 Å². The van der Waals surface area contributed by atoms with Crippen molar-refractivity contribution in [3.05, 3.63) is 57.5 Å². The molecule has 1 unspecified atom stereocenters. The molecule has 0 aliphatic carbocycles. The number of carbonyl (C=O) groups is 1. The molecule has 3 rings (SSSR count).